The Labute approximate surface area is 139 Å². The summed E-state index contributed by atoms with van der Waals surface area (Å²) in [4.78, 5) is 23.8. The molecule has 0 saturated carbocycles. The van der Waals surface area contributed by atoms with Gasteiger partial charge in [0.05, 0.1) is 0 Å². The molecule has 2 atom stereocenters. The van der Waals surface area contributed by atoms with Gasteiger partial charge in [0.2, 0.25) is 5.91 Å². The van der Waals surface area contributed by atoms with E-state index < -0.39 is 12.1 Å². The number of carbonyl (C=O) groups excluding carboxylic acids is 2. The van der Waals surface area contributed by atoms with Crippen molar-refractivity contribution in [1.29, 1.82) is 0 Å². The fourth-order valence-corrected chi connectivity index (χ4v) is 3.17. The van der Waals surface area contributed by atoms with Crippen LogP contribution in [0.4, 0.5) is 9.18 Å². The Bertz CT molecular complexity index is 582. The molecule has 0 aliphatic carbocycles. The third-order valence-electron chi connectivity index (χ3n) is 3.94. The van der Waals surface area contributed by atoms with Crippen LogP contribution in [-0.2, 0) is 17.1 Å². The highest BCUT2D eigenvalue weighted by Gasteiger charge is 2.29. The Morgan fingerprint density at radius 2 is 2.22 bits per heavy atom. The molecule has 1 aromatic rings. The lowest BCUT2D eigenvalue weighted by Crippen LogP contribution is -2.56. The molecule has 1 aliphatic heterocycles. The summed E-state index contributed by atoms with van der Waals surface area (Å²) in [7, 11) is 0. The molecular formula is C16H22FN3O2S. The predicted octanol–water partition coefficient (Wildman–Crippen LogP) is 2.01. The first-order valence-corrected chi connectivity index (χ1v) is 8.99. The van der Waals surface area contributed by atoms with Gasteiger partial charge in [0.15, 0.2) is 0 Å². The Hall–Kier alpha value is -1.76. The van der Waals surface area contributed by atoms with Crippen LogP contribution in [0.3, 0.4) is 0 Å². The van der Waals surface area contributed by atoms with Gasteiger partial charge in [-0.05, 0) is 41.9 Å². The number of hydrogen-bond donors (Lipinski definition) is 3. The molecule has 23 heavy (non-hydrogen) atoms. The van der Waals surface area contributed by atoms with E-state index in [0.717, 1.165) is 17.5 Å². The van der Waals surface area contributed by atoms with Crippen molar-refractivity contribution in [2.24, 2.45) is 5.92 Å². The molecule has 126 valence electrons. The molecule has 2 rings (SSSR count). The van der Waals surface area contributed by atoms with Crippen LogP contribution in [0.2, 0.25) is 0 Å². The predicted molar refractivity (Wildman–Crippen MR) is 89.6 cm³/mol. The van der Waals surface area contributed by atoms with Gasteiger partial charge in [-0.25, -0.2) is 9.18 Å². The number of carbonyl (C=O) groups is 2. The van der Waals surface area contributed by atoms with E-state index >= 15 is 0 Å². The highest BCUT2D eigenvalue weighted by Crippen LogP contribution is 2.17. The van der Waals surface area contributed by atoms with Gasteiger partial charge in [-0.1, -0.05) is 13.0 Å². The largest absolute Gasteiger partial charge is 0.354 e. The molecule has 0 radical (unpaired) electrons. The van der Waals surface area contributed by atoms with E-state index in [1.165, 1.54) is 12.1 Å². The normalized spacial score (nSPS) is 20.7. The highest BCUT2D eigenvalue weighted by atomic mass is 32.2. The van der Waals surface area contributed by atoms with Crippen LogP contribution < -0.4 is 16.0 Å². The standard InChI is InChI=1S/C16H22FN3O2S/c1-10-5-6-18-15(21)14(10)20-16(22)19-8-11-3-4-13(17)7-12(11)9-23-2/h3-4,7,10,14H,5-6,8-9H2,1-2H3,(H,18,21)(H2,19,20,22)/t10-,14+/m1/s1. The lowest BCUT2D eigenvalue weighted by atomic mass is 9.94. The van der Waals surface area contributed by atoms with Crippen molar-refractivity contribution in [1.82, 2.24) is 16.0 Å². The number of halogens is 1. The van der Waals surface area contributed by atoms with Crippen molar-refractivity contribution < 1.29 is 14.0 Å². The van der Waals surface area contributed by atoms with E-state index in [1.54, 1.807) is 17.8 Å². The maximum absolute atomic E-state index is 13.3. The minimum atomic E-state index is -0.511. The zero-order valence-electron chi connectivity index (χ0n) is 13.3. The average Bonchev–Trinajstić information content (AvgIpc) is 2.51. The first-order valence-electron chi connectivity index (χ1n) is 7.59. The number of rotatable bonds is 5. The van der Waals surface area contributed by atoms with Crippen LogP contribution in [0.15, 0.2) is 18.2 Å². The van der Waals surface area contributed by atoms with Gasteiger partial charge in [0.1, 0.15) is 11.9 Å². The van der Waals surface area contributed by atoms with E-state index in [-0.39, 0.29) is 17.6 Å². The van der Waals surface area contributed by atoms with Gasteiger partial charge in [-0.15, -0.1) is 0 Å². The maximum Gasteiger partial charge on any atom is 0.315 e. The van der Waals surface area contributed by atoms with Crippen LogP contribution in [0, 0.1) is 11.7 Å². The van der Waals surface area contributed by atoms with Crippen LogP contribution in [0.25, 0.3) is 0 Å². The second-order valence-electron chi connectivity index (χ2n) is 5.71. The third kappa shape index (κ3) is 4.86. The van der Waals surface area contributed by atoms with E-state index in [4.69, 9.17) is 0 Å². The lowest BCUT2D eigenvalue weighted by Gasteiger charge is -2.29. The number of benzene rings is 1. The van der Waals surface area contributed by atoms with Crippen LogP contribution >= 0.6 is 11.8 Å². The summed E-state index contributed by atoms with van der Waals surface area (Å²) in [5.74, 6) is 0.351. The SMILES string of the molecule is CSCc1cc(F)ccc1CNC(=O)N[C@@H]1C(=O)NCC[C@H]1C. The Kier molecular flexibility index (Phi) is 6.27. The molecule has 5 nitrogen and oxygen atoms in total. The fourth-order valence-electron chi connectivity index (χ4n) is 2.59. The number of nitrogens with one attached hydrogen (secondary N) is 3. The topological polar surface area (TPSA) is 70.2 Å². The summed E-state index contributed by atoms with van der Waals surface area (Å²) in [6, 6.07) is 3.65. The van der Waals surface area contributed by atoms with Gasteiger partial charge in [0.25, 0.3) is 0 Å². The van der Waals surface area contributed by atoms with Crippen molar-refractivity contribution in [3.8, 4) is 0 Å². The number of hydrogen-bond acceptors (Lipinski definition) is 3. The third-order valence-corrected chi connectivity index (χ3v) is 4.54. The van der Waals surface area contributed by atoms with E-state index in [1.807, 2.05) is 13.2 Å². The molecule has 0 aromatic heterocycles. The summed E-state index contributed by atoms with van der Waals surface area (Å²) < 4.78 is 13.3. The van der Waals surface area contributed by atoms with Gasteiger partial charge in [-0.3, -0.25) is 4.79 Å². The molecule has 1 fully saturated rings. The molecular weight excluding hydrogens is 317 g/mol. The summed E-state index contributed by atoms with van der Waals surface area (Å²) in [5.41, 5.74) is 1.73. The average molecular weight is 339 g/mol. The van der Waals surface area contributed by atoms with Crippen LogP contribution in [-0.4, -0.2) is 30.8 Å². The zero-order valence-corrected chi connectivity index (χ0v) is 14.1. The quantitative estimate of drug-likeness (QED) is 0.769. The fraction of sp³-hybridized carbons (Fsp3) is 0.500. The monoisotopic (exact) mass is 339 g/mol. The highest BCUT2D eigenvalue weighted by molar-refractivity contribution is 7.97. The molecule has 3 N–H and O–H groups in total. The summed E-state index contributed by atoms with van der Waals surface area (Å²) in [5, 5.41) is 8.20. The number of thioether (sulfide) groups is 1. The molecule has 0 spiro atoms. The maximum atomic E-state index is 13.3. The van der Waals surface area contributed by atoms with E-state index in [2.05, 4.69) is 16.0 Å². The second-order valence-corrected chi connectivity index (χ2v) is 6.57. The first-order chi connectivity index (χ1) is 11.0. The molecule has 1 heterocycles. The van der Waals surface area contributed by atoms with Gasteiger partial charge < -0.3 is 16.0 Å². The number of piperidine rings is 1. The summed E-state index contributed by atoms with van der Waals surface area (Å²) in [6.45, 7) is 2.89. The summed E-state index contributed by atoms with van der Waals surface area (Å²) in [6.07, 6.45) is 2.78. The van der Waals surface area contributed by atoms with Crippen molar-refractivity contribution in [2.75, 3.05) is 12.8 Å². The van der Waals surface area contributed by atoms with Crippen molar-refractivity contribution in [2.45, 2.75) is 31.7 Å². The summed E-state index contributed by atoms with van der Waals surface area (Å²) >= 11 is 1.59. The Morgan fingerprint density at radius 1 is 1.43 bits per heavy atom. The van der Waals surface area contributed by atoms with Crippen molar-refractivity contribution >= 4 is 23.7 Å². The van der Waals surface area contributed by atoms with Gasteiger partial charge >= 0.3 is 6.03 Å². The molecule has 0 unspecified atom stereocenters. The number of urea groups is 1. The lowest BCUT2D eigenvalue weighted by molar-refractivity contribution is -0.125. The van der Waals surface area contributed by atoms with Gasteiger partial charge in [0, 0.05) is 18.8 Å². The first kappa shape index (κ1) is 17.6. The zero-order chi connectivity index (χ0) is 16.8. The van der Waals surface area contributed by atoms with Gasteiger partial charge in [-0.2, -0.15) is 11.8 Å². The van der Waals surface area contributed by atoms with Crippen molar-refractivity contribution in [3.63, 3.8) is 0 Å². The Balaban J connectivity index is 1.92. The number of amides is 3. The molecule has 0 bridgehead atoms. The minimum absolute atomic E-state index is 0.104. The van der Waals surface area contributed by atoms with Crippen LogP contribution in [0.5, 0.6) is 0 Å². The molecule has 1 aromatic carbocycles. The Morgan fingerprint density at radius 3 is 2.91 bits per heavy atom. The molecule has 1 saturated heterocycles. The smallest absolute Gasteiger partial charge is 0.315 e. The molecule has 1 aliphatic rings. The second kappa shape index (κ2) is 8.19. The molecule has 7 heteroatoms. The molecule has 3 amide bonds. The van der Waals surface area contributed by atoms with E-state index in [9.17, 15) is 14.0 Å². The minimum Gasteiger partial charge on any atom is -0.354 e. The van der Waals surface area contributed by atoms with E-state index in [0.29, 0.717) is 18.8 Å². The van der Waals surface area contributed by atoms with Crippen LogP contribution in [0.1, 0.15) is 24.5 Å². The van der Waals surface area contributed by atoms with Crippen molar-refractivity contribution in [3.05, 3.63) is 35.1 Å².